The van der Waals surface area contributed by atoms with E-state index in [1.54, 1.807) is 0 Å². The van der Waals surface area contributed by atoms with Gasteiger partial charge < -0.3 is 4.74 Å². The number of methoxy groups -OCH3 is 1. The summed E-state index contributed by atoms with van der Waals surface area (Å²) in [5, 5.41) is 0. The molecule has 0 aliphatic heterocycles. The van der Waals surface area contributed by atoms with Crippen LogP contribution in [0.25, 0.3) is 0 Å². The maximum absolute atomic E-state index is 11.3. The van der Waals surface area contributed by atoms with Crippen LogP contribution in [0.2, 0.25) is 0 Å². The number of hydrogen-bond donors (Lipinski definition) is 1. The van der Waals surface area contributed by atoms with E-state index in [1.807, 2.05) is 0 Å². The van der Waals surface area contributed by atoms with Gasteiger partial charge in [0.05, 0.1) is 7.11 Å². The van der Waals surface area contributed by atoms with Gasteiger partial charge in [0.25, 0.3) is 10.2 Å². The first kappa shape index (κ1) is 13.6. The largest absolute Gasteiger partial charge is 0.468 e. The standard InChI is InChI=1S/C6H13ClN2O4S/c1-9(5-6(10)13-2)14(11,12)8-4-3-7/h8H,3-5H2,1-2H3. The monoisotopic (exact) mass is 244 g/mol. The lowest BCUT2D eigenvalue weighted by Gasteiger charge is -2.15. The normalized spacial score (nSPS) is 11.7. The van der Waals surface area contributed by atoms with Crippen LogP contribution in [-0.2, 0) is 19.7 Å². The molecule has 0 aromatic carbocycles. The van der Waals surface area contributed by atoms with Gasteiger partial charge in [0.15, 0.2) is 0 Å². The van der Waals surface area contributed by atoms with Crippen LogP contribution >= 0.6 is 11.6 Å². The number of rotatable bonds is 6. The smallest absolute Gasteiger partial charge is 0.321 e. The zero-order valence-corrected chi connectivity index (χ0v) is 9.56. The molecule has 0 aliphatic carbocycles. The molecule has 0 unspecified atom stereocenters. The van der Waals surface area contributed by atoms with E-state index in [0.29, 0.717) is 0 Å². The van der Waals surface area contributed by atoms with Gasteiger partial charge >= 0.3 is 5.97 Å². The minimum absolute atomic E-state index is 0.120. The maximum Gasteiger partial charge on any atom is 0.321 e. The van der Waals surface area contributed by atoms with Crippen LogP contribution in [0.4, 0.5) is 0 Å². The second kappa shape index (κ2) is 6.18. The third-order valence-electron chi connectivity index (χ3n) is 1.37. The lowest BCUT2D eigenvalue weighted by molar-refractivity contribution is -0.140. The average Bonchev–Trinajstić information content (AvgIpc) is 2.14. The quantitative estimate of drug-likeness (QED) is 0.489. The molecule has 0 aliphatic rings. The first-order chi connectivity index (χ1) is 6.44. The molecule has 0 aromatic rings. The van der Waals surface area contributed by atoms with Gasteiger partial charge in [-0.3, -0.25) is 4.79 Å². The van der Waals surface area contributed by atoms with Crippen molar-refractivity contribution in [2.75, 3.05) is 33.1 Å². The predicted octanol–water partition coefficient (Wildman–Crippen LogP) is -0.836. The molecule has 6 nitrogen and oxygen atoms in total. The molecule has 0 rings (SSSR count). The number of carbonyl (C=O) groups excluding carboxylic acids is 1. The maximum atomic E-state index is 11.3. The summed E-state index contributed by atoms with van der Waals surface area (Å²) in [7, 11) is -1.17. The summed E-state index contributed by atoms with van der Waals surface area (Å²) in [5.41, 5.74) is 0. The van der Waals surface area contributed by atoms with Gasteiger partial charge in [0.1, 0.15) is 6.54 Å². The Labute approximate surface area is 88.3 Å². The summed E-state index contributed by atoms with van der Waals surface area (Å²) >= 11 is 5.31. The van der Waals surface area contributed by atoms with Gasteiger partial charge in [0.2, 0.25) is 0 Å². The van der Waals surface area contributed by atoms with E-state index in [-0.39, 0.29) is 19.0 Å². The summed E-state index contributed by atoms with van der Waals surface area (Å²) in [4.78, 5) is 10.8. The van der Waals surface area contributed by atoms with E-state index in [4.69, 9.17) is 11.6 Å². The van der Waals surface area contributed by atoms with Crippen LogP contribution in [0.5, 0.6) is 0 Å². The first-order valence-electron chi connectivity index (χ1n) is 3.77. The van der Waals surface area contributed by atoms with Crippen molar-refractivity contribution >= 4 is 27.8 Å². The molecule has 0 fully saturated rings. The molecule has 84 valence electrons. The predicted molar refractivity (Wildman–Crippen MR) is 52.3 cm³/mol. The van der Waals surface area contributed by atoms with Crippen molar-refractivity contribution in [2.45, 2.75) is 0 Å². The summed E-state index contributed by atoms with van der Waals surface area (Å²) in [6, 6.07) is 0. The van der Waals surface area contributed by atoms with Gasteiger partial charge in [-0.05, 0) is 0 Å². The second-order valence-corrected chi connectivity index (χ2v) is 4.66. The molecule has 1 N–H and O–H groups in total. The van der Waals surface area contributed by atoms with Gasteiger partial charge in [-0.2, -0.15) is 12.7 Å². The van der Waals surface area contributed by atoms with E-state index < -0.39 is 16.2 Å². The van der Waals surface area contributed by atoms with Crippen LogP contribution in [0.15, 0.2) is 0 Å². The van der Waals surface area contributed by atoms with Crippen molar-refractivity contribution in [3.8, 4) is 0 Å². The number of likely N-dealkylation sites (N-methyl/N-ethyl adjacent to an activating group) is 1. The average molecular weight is 245 g/mol. The Hall–Kier alpha value is -0.370. The molecule has 0 atom stereocenters. The van der Waals surface area contributed by atoms with Crippen LogP contribution in [0.1, 0.15) is 0 Å². The zero-order valence-electron chi connectivity index (χ0n) is 7.99. The number of nitrogens with one attached hydrogen (secondary N) is 1. The number of halogens is 1. The topological polar surface area (TPSA) is 75.7 Å². The number of hydrogen-bond acceptors (Lipinski definition) is 4. The highest BCUT2D eigenvalue weighted by atomic mass is 35.5. The first-order valence-corrected chi connectivity index (χ1v) is 5.75. The molecular formula is C6H13ClN2O4S. The van der Waals surface area contributed by atoms with Crippen molar-refractivity contribution < 1.29 is 17.9 Å². The Balaban J connectivity index is 4.21. The number of alkyl halides is 1. The summed E-state index contributed by atoms with van der Waals surface area (Å²) in [5.74, 6) is -0.450. The van der Waals surface area contributed by atoms with Crippen molar-refractivity contribution in [2.24, 2.45) is 0 Å². The highest BCUT2D eigenvalue weighted by molar-refractivity contribution is 7.87. The molecule has 0 saturated carbocycles. The molecule has 0 amide bonds. The zero-order chi connectivity index (χ0) is 11.2. The molecular weight excluding hydrogens is 232 g/mol. The number of esters is 1. The molecule has 0 bridgehead atoms. The molecule has 8 heteroatoms. The van der Waals surface area contributed by atoms with E-state index in [2.05, 4.69) is 9.46 Å². The molecule has 0 heterocycles. The molecule has 0 aromatic heterocycles. The number of ether oxygens (including phenoxy) is 1. The Morgan fingerprint density at radius 1 is 1.57 bits per heavy atom. The minimum atomic E-state index is -3.63. The van der Waals surface area contributed by atoms with E-state index in [1.165, 1.54) is 14.2 Å². The van der Waals surface area contributed by atoms with Gasteiger partial charge in [-0.1, -0.05) is 0 Å². The Morgan fingerprint density at radius 2 is 2.14 bits per heavy atom. The van der Waals surface area contributed by atoms with Gasteiger partial charge in [-0.25, -0.2) is 4.72 Å². The fourth-order valence-electron chi connectivity index (χ4n) is 0.609. The summed E-state index contributed by atoms with van der Waals surface area (Å²) in [6.45, 7) is -0.205. The van der Waals surface area contributed by atoms with Crippen molar-refractivity contribution in [1.29, 1.82) is 0 Å². The van der Waals surface area contributed by atoms with Crippen molar-refractivity contribution in [1.82, 2.24) is 9.03 Å². The van der Waals surface area contributed by atoms with Crippen molar-refractivity contribution in [3.05, 3.63) is 0 Å². The van der Waals surface area contributed by atoms with Crippen LogP contribution in [0, 0.1) is 0 Å². The highest BCUT2D eigenvalue weighted by Gasteiger charge is 2.19. The highest BCUT2D eigenvalue weighted by Crippen LogP contribution is 1.93. The van der Waals surface area contributed by atoms with Crippen molar-refractivity contribution in [3.63, 3.8) is 0 Å². The number of nitrogens with zero attached hydrogens (tertiary/aromatic N) is 1. The fraction of sp³-hybridized carbons (Fsp3) is 0.833. The third-order valence-corrected chi connectivity index (χ3v) is 3.08. The Morgan fingerprint density at radius 3 is 2.57 bits per heavy atom. The molecule has 0 radical (unpaired) electrons. The molecule has 0 spiro atoms. The Bertz CT molecular complexity index is 280. The van der Waals surface area contributed by atoms with E-state index in [9.17, 15) is 13.2 Å². The third kappa shape index (κ3) is 4.75. The molecule has 0 saturated heterocycles. The van der Waals surface area contributed by atoms with E-state index >= 15 is 0 Å². The lowest BCUT2D eigenvalue weighted by atomic mass is 10.7. The van der Waals surface area contributed by atoms with Crippen LogP contribution in [0.3, 0.4) is 0 Å². The van der Waals surface area contributed by atoms with E-state index in [0.717, 1.165) is 4.31 Å². The van der Waals surface area contributed by atoms with Gasteiger partial charge in [0, 0.05) is 19.5 Å². The fourth-order valence-corrected chi connectivity index (χ4v) is 1.67. The SMILES string of the molecule is COC(=O)CN(C)S(=O)(=O)NCCCl. The number of carbonyl (C=O) groups is 1. The summed E-state index contributed by atoms with van der Waals surface area (Å²) < 4.78 is 29.9. The summed E-state index contributed by atoms with van der Waals surface area (Å²) in [6.07, 6.45) is 0. The lowest BCUT2D eigenvalue weighted by Crippen LogP contribution is -2.41. The minimum Gasteiger partial charge on any atom is -0.468 e. The van der Waals surface area contributed by atoms with Gasteiger partial charge in [-0.15, -0.1) is 11.6 Å². The Kier molecular flexibility index (Phi) is 6.01. The molecule has 14 heavy (non-hydrogen) atoms. The van der Waals surface area contributed by atoms with Crippen LogP contribution in [-0.4, -0.2) is 51.8 Å². The second-order valence-electron chi connectivity index (χ2n) is 2.42. The van der Waals surface area contributed by atoms with Crippen LogP contribution < -0.4 is 4.72 Å².